The van der Waals surface area contributed by atoms with Gasteiger partial charge in [-0.05, 0) is 29.8 Å². The highest BCUT2D eigenvalue weighted by Gasteiger charge is 2.07. The van der Waals surface area contributed by atoms with E-state index in [1.165, 1.54) is 0 Å². The maximum absolute atomic E-state index is 11.8. The molecule has 0 atom stereocenters. The van der Waals surface area contributed by atoms with Gasteiger partial charge < -0.3 is 15.2 Å². The molecule has 4 nitrogen and oxygen atoms in total. The number of hydrogen-bond donors (Lipinski definition) is 2. The van der Waals surface area contributed by atoms with Crippen molar-refractivity contribution in [3.8, 4) is 5.75 Å². The van der Waals surface area contributed by atoms with Gasteiger partial charge in [-0.1, -0.05) is 35.3 Å². The maximum atomic E-state index is 11.8. The van der Waals surface area contributed by atoms with Crippen molar-refractivity contribution in [3.05, 3.63) is 58.1 Å². The van der Waals surface area contributed by atoms with Crippen LogP contribution in [-0.2, 0) is 11.4 Å². The van der Waals surface area contributed by atoms with Crippen LogP contribution in [0.25, 0.3) is 0 Å². The molecule has 0 aromatic heterocycles. The molecule has 2 N–H and O–H groups in total. The minimum atomic E-state index is -0.317. The van der Waals surface area contributed by atoms with Gasteiger partial charge >= 0.3 is 0 Å². The first kappa shape index (κ1) is 15.6. The van der Waals surface area contributed by atoms with Crippen molar-refractivity contribution in [1.29, 1.82) is 0 Å². The van der Waals surface area contributed by atoms with Gasteiger partial charge in [0.15, 0.2) is 6.61 Å². The van der Waals surface area contributed by atoms with Crippen molar-refractivity contribution in [1.82, 2.24) is 0 Å². The summed E-state index contributed by atoms with van der Waals surface area (Å²) in [6.07, 6.45) is 0. The van der Waals surface area contributed by atoms with Gasteiger partial charge in [-0.2, -0.15) is 0 Å². The molecule has 2 rings (SSSR count). The van der Waals surface area contributed by atoms with Crippen molar-refractivity contribution in [3.63, 3.8) is 0 Å². The SMILES string of the molecule is O=C(COc1cc(Cl)ccc1Cl)Nc1ccc(CO)cc1. The van der Waals surface area contributed by atoms with Crippen molar-refractivity contribution in [2.45, 2.75) is 6.61 Å². The summed E-state index contributed by atoms with van der Waals surface area (Å²) in [6.45, 7) is -0.216. The van der Waals surface area contributed by atoms with Crippen LogP contribution in [-0.4, -0.2) is 17.6 Å². The Kier molecular flexibility index (Phi) is 5.44. The Labute approximate surface area is 132 Å². The Balaban J connectivity index is 1.91. The number of aliphatic hydroxyl groups is 1. The highest BCUT2D eigenvalue weighted by molar-refractivity contribution is 6.34. The Morgan fingerprint density at radius 2 is 1.86 bits per heavy atom. The molecule has 0 fully saturated rings. The summed E-state index contributed by atoms with van der Waals surface area (Å²) < 4.78 is 5.33. The van der Waals surface area contributed by atoms with Gasteiger partial charge in [-0.25, -0.2) is 0 Å². The Hall–Kier alpha value is -1.75. The van der Waals surface area contributed by atoms with Crippen LogP contribution in [0.15, 0.2) is 42.5 Å². The highest BCUT2D eigenvalue weighted by Crippen LogP contribution is 2.27. The van der Waals surface area contributed by atoms with E-state index < -0.39 is 0 Å². The number of nitrogens with one attached hydrogen (secondary N) is 1. The number of anilines is 1. The molecule has 0 radical (unpaired) electrons. The van der Waals surface area contributed by atoms with Crippen LogP contribution in [0.1, 0.15) is 5.56 Å². The number of aliphatic hydroxyl groups excluding tert-OH is 1. The number of rotatable bonds is 5. The molecule has 0 aliphatic rings. The molecule has 110 valence electrons. The van der Waals surface area contributed by atoms with E-state index in [1.807, 2.05) is 0 Å². The smallest absolute Gasteiger partial charge is 0.262 e. The van der Waals surface area contributed by atoms with Gasteiger partial charge in [-0.3, -0.25) is 4.79 Å². The minimum Gasteiger partial charge on any atom is -0.482 e. The molecule has 0 spiro atoms. The maximum Gasteiger partial charge on any atom is 0.262 e. The van der Waals surface area contributed by atoms with Gasteiger partial charge in [0.2, 0.25) is 0 Å². The fraction of sp³-hybridized carbons (Fsp3) is 0.133. The molecule has 0 saturated carbocycles. The molecule has 0 saturated heterocycles. The predicted octanol–water partition coefficient (Wildman–Crippen LogP) is 3.50. The quantitative estimate of drug-likeness (QED) is 0.884. The summed E-state index contributed by atoms with van der Waals surface area (Å²) in [5.74, 6) is 0.0396. The number of hydrogen-bond acceptors (Lipinski definition) is 3. The number of benzene rings is 2. The summed E-state index contributed by atoms with van der Waals surface area (Å²) in [5.41, 5.74) is 1.40. The van der Waals surface area contributed by atoms with Crippen LogP contribution in [0.4, 0.5) is 5.69 Å². The zero-order valence-electron chi connectivity index (χ0n) is 11.0. The molecule has 0 aliphatic carbocycles. The predicted molar refractivity (Wildman–Crippen MR) is 83.0 cm³/mol. The average molecular weight is 326 g/mol. The van der Waals surface area contributed by atoms with Gasteiger partial charge in [0, 0.05) is 16.8 Å². The van der Waals surface area contributed by atoms with Gasteiger partial charge in [-0.15, -0.1) is 0 Å². The van der Waals surface area contributed by atoms with Crippen LogP contribution in [0.2, 0.25) is 10.0 Å². The molecule has 1 amide bonds. The summed E-state index contributed by atoms with van der Waals surface area (Å²) >= 11 is 11.8. The Morgan fingerprint density at radius 3 is 2.52 bits per heavy atom. The lowest BCUT2D eigenvalue weighted by molar-refractivity contribution is -0.118. The monoisotopic (exact) mass is 325 g/mol. The van der Waals surface area contributed by atoms with E-state index in [0.29, 0.717) is 21.5 Å². The van der Waals surface area contributed by atoms with Gasteiger partial charge in [0.25, 0.3) is 5.91 Å². The van der Waals surface area contributed by atoms with Crippen molar-refractivity contribution in [2.75, 3.05) is 11.9 Å². The molecule has 0 bridgehead atoms. The first-order valence-electron chi connectivity index (χ1n) is 6.16. The molecule has 0 aliphatic heterocycles. The number of carbonyl (C=O) groups excluding carboxylic acids is 1. The molecule has 21 heavy (non-hydrogen) atoms. The fourth-order valence-electron chi connectivity index (χ4n) is 1.62. The van der Waals surface area contributed by atoms with Gasteiger partial charge in [0.05, 0.1) is 11.6 Å². The molecule has 2 aromatic carbocycles. The number of halogens is 2. The summed E-state index contributed by atoms with van der Waals surface area (Å²) in [7, 11) is 0. The third kappa shape index (κ3) is 4.63. The molecule has 2 aromatic rings. The second kappa shape index (κ2) is 7.31. The van der Waals surface area contributed by atoms with E-state index >= 15 is 0 Å². The number of carbonyl (C=O) groups is 1. The lowest BCUT2D eigenvalue weighted by atomic mass is 10.2. The molecule has 0 heterocycles. The zero-order chi connectivity index (χ0) is 15.2. The molecular formula is C15H13Cl2NO3. The zero-order valence-corrected chi connectivity index (χ0v) is 12.5. The lowest BCUT2D eigenvalue weighted by Crippen LogP contribution is -2.20. The van der Waals surface area contributed by atoms with Crippen LogP contribution < -0.4 is 10.1 Å². The summed E-state index contributed by atoms with van der Waals surface area (Å²) in [6, 6.07) is 11.7. The highest BCUT2D eigenvalue weighted by atomic mass is 35.5. The number of amides is 1. The van der Waals surface area contributed by atoms with Crippen molar-refractivity contribution >= 4 is 34.8 Å². The normalized spacial score (nSPS) is 10.2. The van der Waals surface area contributed by atoms with E-state index in [2.05, 4.69) is 5.32 Å². The third-order valence-corrected chi connectivity index (χ3v) is 3.22. The standard InChI is InChI=1S/C15H13Cl2NO3/c16-11-3-6-13(17)14(7-11)21-9-15(20)18-12-4-1-10(8-19)2-5-12/h1-7,19H,8-9H2,(H,18,20). The van der Waals surface area contributed by atoms with E-state index in [4.69, 9.17) is 33.0 Å². The summed E-state index contributed by atoms with van der Waals surface area (Å²) in [4.78, 5) is 11.8. The number of ether oxygens (including phenoxy) is 1. The molecular weight excluding hydrogens is 313 g/mol. The molecule has 0 unspecified atom stereocenters. The average Bonchev–Trinajstić information content (AvgIpc) is 2.49. The fourth-order valence-corrected chi connectivity index (χ4v) is 1.96. The van der Waals surface area contributed by atoms with Crippen LogP contribution in [0, 0.1) is 0 Å². The largest absolute Gasteiger partial charge is 0.482 e. The Bertz CT molecular complexity index is 629. The Morgan fingerprint density at radius 1 is 1.14 bits per heavy atom. The summed E-state index contributed by atoms with van der Waals surface area (Å²) in [5, 5.41) is 12.5. The first-order chi connectivity index (χ1) is 10.1. The minimum absolute atomic E-state index is 0.0371. The second-order valence-corrected chi connectivity index (χ2v) is 5.11. The van der Waals surface area contributed by atoms with Crippen molar-refractivity contribution < 1.29 is 14.6 Å². The second-order valence-electron chi connectivity index (χ2n) is 4.27. The van der Waals surface area contributed by atoms with E-state index in [1.54, 1.807) is 42.5 Å². The third-order valence-electron chi connectivity index (χ3n) is 2.67. The van der Waals surface area contributed by atoms with Crippen LogP contribution in [0.3, 0.4) is 0 Å². The van der Waals surface area contributed by atoms with Crippen LogP contribution in [0.5, 0.6) is 5.75 Å². The van der Waals surface area contributed by atoms with Crippen molar-refractivity contribution in [2.24, 2.45) is 0 Å². The first-order valence-corrected chi connectivity index (χ1v) is 6.91. The van der Waals surface area contributed by atoms with E-state index in [9.17, 15) is 4.79 Å². The van der Waals surface area contributed by atoms with Crippen LogP contribution >= 0.6 is 23.2 Å². The topological polar surface area (TPSA) is 58.6 Å². The van der Waals surface area contributed by atoms with E-state index in [-0.39, 0.29) is 19.1 Å². The molecule has 6 heteroatoms. The lowest BCUT2D eigenvalue weighted by Gasteiger charge is -2.09. The van der Waals surface area contributed by atoms with E-state index in [0.717, 1.165) is 5.56 Å². The van der Waals surface area contributed by atoms with Gasteiger partial charge in [0.1, 0.15) is 5.75 Å².